The first-order valence-corrected chi connectivity index (χ1v) is 14.7. The second kappa shape index (κ2) is 18.8. The fourth-order valence-electron chi connectivity index (χ4n) is 3.47. The van der Waals surface area contributed by atoms with Crippen LogP contribution in [0.1, 0.15) is 110 Å². The molecule has 0 spiro atoms. The Hall–Kier alpha value is -0.680. The van der Waals surface area contributed by atoms with Crippen LogP contribution in [0.4, 0.5) is 5.69 Å². The molecule has 0 radical (unpaired) electrons. The van der Waals surface area contributed by atoms with Crippen LogP contribution in [-0.2, 0) is 4.79 Å². The standard InChI is InChI=1S/C26H46N2OS2/c1-5-8-11-13-14-15-17-23(30-21-16-12-9-6-2)25(29)28-24-22(4)18-19-27-26(24)31-20-10-7-3/h18-19,23H,5-17,20-21H2,1-4H3,(H,28,29). The van der Waals surface area contributed by atoms with Crippen molar-refractivity contribution in [2.75, 3.05) is 16.8 Å². The van der Waals surface area contributed by atoms with Gasteiger partial charge >= 0.3 is 0 Å². The number of unbranched alkanes of at least 4 members (excludes halogenated alkanes) is 9. The van der Waals surface area contributed by atoms with E-state index >= 15 is 0 Å². The minimum atomic E-state index is 0.0425. The lowest BCUT2D eigenvalue weighted by molar-refractivity contribution is -0.115. The molecule has 1 amide bonds. The zero-order valence-electron chi connectivity index (χ0n) is 20.5. The summed E-state index contributed by atoms with van der Waals surface area (Å²) in [5.41, 5.74) is 2.03. The van der Waals surface area contributed by atoms with E-state index < -0.39 is 0 Å². The molecule has 0 aliphatic carbocycles. The van der Waals surface area contributed by atoms with Crippen LogP contribution in [-0.4, -0.2) is 27.6 Å². The fourth-order valence-corrected chi connectivity index (χ4v) is 5.78. The van der Waals surface area contributed by atoms with E-state index in [2.05, 4.69) is 38.0 Å². The Kier molecular flexibility index (Phi) is 17.2. The smallest absolute Gasteiger partial charge is 0.237 e. The van der Waals surface area contributed by atoms with E-state index in [4.69, 9.17) is 0 Å². The molecule has 0 saturated heterocycles. The molecule has 0 saturated carbocycles. The summed E-state index contributed by atoms with van der Waals surface area (Å²) in [6, 6.07) is 2.00. The van der Waals surface area contributed by atoms with Gasteiger partial charge in [-0.05, 0) is 49.3 Å². The van der Waals surface area contributed by atoms with Crippen LogP contribution >= 0.6 is 23.5 Å². The maximum atomic E-state index is 13.3. The molecule has 0 fully saturated rings. The summed E-state index contributed by atoms with van der Waals surface area (Å²) in [5.74, 6) is 2.30. The molecular weight excluding hydrogens is 420 g/mol. The van der Waals surface area contributed by atoms with Crippen molar-refractivity contribution in [1.82, 2.24) is 4.98 Å². The van der Waals surface area contributed by atoms with Crippen LogP contribution in [0.2, 0.25) is 0 Å². The minimum Gasteiger partial charge on any atom is -0.323 e. The lowest BCUT2D eigenvalue weighted by Gasteiger charge is -2.19. The van der Waals surface area contributed by atoms with Gasteiger partial charge in [0.2, 0.25) is 5.91 Å². The van der Waals surface area contributed by atoms with Crippen LogP contribution < -0.4 is 5.32 Å². The molecule has 3 nitrogen and oxygen atoms in total. The van der Waals surface area contributed by atoms with Crippen LogP contribution in [0.25, 0.3) is 0 Å². The molecule has 31 heavy (non-hydrogen) atoms. The first-order valence-electron chi connectivity index (χ1n) is 12.6. The van der Waals surface area contributed by atoms with Crippen LogP contribution in [0.3, 0.4) is 0 Å². The zero-order chi connectivity index (χ0) is 22.7. The predicted octanol–water partition coefficient (Wildman–Crippen LogP) is 8.65. The monoisotopic (exact) mass is 466 g/mol. The number of amides is 1. The highest BCUT2D eigenvalue weighted by Gasteiger charge is 2.21. The maximum absolute atomic E-state index is 13.3. The van der Waals surface area contributed by atoms with E-state index in [9.17, 15) is 4.79 Å². The average Bonchev–Trinajstić information content (AvgIpc) is 2.76. The van der Waals surface area contributed by atoms with Gasteiger partial charge in [0.25, 0.3) is 0 Å². The highest BCUT2D eigenvalue weighted by molar-refractivity contribution is 8.00. The van der Waals surface area contributed by atoms with Gasteiger partial charge in [0, 0.05) is 6.20 Å². The molecular formula is C26H46N2OS2. The summed E-state index contributed by atoms with van der Waals surface area (Å²) in [5, 5.41) is 4.28. The van der Waals surface area contributed by atoms with Gasteiger partial charge in [-0.3, -0.25) is 4.79 Å². The van der Waals surface area contributed by atoms with Crippen molar-refractivity contribution in [3.05, 3.63) is 17.8 Å². The zero-order valence-corrected chi connectivity index (χ0v) is 22.1. The summed E-state index contributed by atoms with van der Waals surface area (Å²) in [7, 11) is 0. The normalized spacial score (nSPS) is 12.1. The third-order valence-electron chi connectivity index (χ3n) is 5.54. The highest BCUT2D eigenvalue weighted by Crippen LogP contribution is 2.30. The molecule has 1 aromatic rings. The van der Waals surface area contributed by atoms with E-state index in [0.29, 0.717) is 0 Å². The predicted molar refractivity (Wildman–Crippen MR) is 142 cm³/mol. The number of carbonyl (C=O) groups is 1. The highest BCUT2D eigenvalue weighted by atomic mass is 32.2. The van der Waals surface area contributed by atoms with Crippen LogP contribution in [0.5, 0.6) is 0 Å². The largest absolute Gasteiger partial charge is 0.323 e. The molecule has 5 heteroatoms. The van der Waals surface area contributed by atoms with Crippen molar-refractivity contribution in [3.63, 3.8) is 0 Å². The molecule has 0 aromatic carbocycles. The van der Waals surface area contributed by atoms with Gasteiger partial charge in [-0.1, -0.05) is 85.0 Å². The van der Waals surface area contributed by atoms with Gasteiger partial charge in [0.1, 0.15) is 5.03 Å². The number of hydrogen-bond donors (Lipinski definition) is 1. The van der Waals surface area contributed by atoms with Gasteiger partial charge in [-0.25, -0.2) is 4.98 Å². The van der Waals surface area contributed by atoms with Crippen molar-refractivity contribution in [3.8, 4) is 0 Å². The Balaban J connectivity index is 2.69. The van der Waals surface area contributed by atoms with E-state index in [1.165, 1.54) is 70.6 Å². The summed E-state index contributed by atoms with van der Waals surface area (Å²) < 4.78 is 0. The van der Waals surface area contributed by atoms with Crippen molar-refractivity contribution < 1.29 is 4.79 Å². The number of nitrogens with zero attached hydrogens (tertiary/aromatic N) is 1. The molecule has 1 atom stereocenters. The summed E-state index contributed by atoms with van der Waals surface area (Å²) in [6.07, 6.45) is 17.8. The molecule has 0 aliphatic rings. The number of carbonyl (C=O) groups excluding carboxylic acids is 1. The van der Waals surface area contributed by atoms with Crippen molar-refractivity contribution in [1.29, 1.82) is 0 Å². The number of anilines is 1. The summed E-state index contributed by atoms with van der Waals surface area (Å²) in [4.78, 5) is 17.8. The summed E-state index contributed by atoms with van der Waals surface area (Å²) in [6.45, 7) is 8.78. The van der Waals surface area contributed by atoms with Gasteiger partial charge in [-0.2, -0.15) is 0 Å². The number of thioether (sulfide) groups is 2. The average molecular weight is 467 g/mol. The van der Waals surface area contributed by atoms with E-state index in [0.717, 1.165) is 40.6 Å². The van der Waals surface area contributed by atoms with Gasteiger partial charge in [0.15, 0.2) is 0 Å². The molecule has 1 N–H and O–H groups in total. The van der Waals surface area contributed by atoms with E-state index in [1.807, 2.05) is 24.0 Å². The second-order valence-electron chi connectivity index (χ2n) is 8.48. The van der Waals surface area contributed by atoms with Crippen molar-refractivity contribution in [2.24, 2.45) is 0 Å². The Morgan fingerprint density at radius 2 is 1.55 bits per heavy atom. The van der Waals surface area contributed by atoms with Gasteiger partial charge < -0.3 is 5.32 Å². The quantitative estimate of drug-likeness (QED) is 0.164. The van der Waals surface area contributed by atoms with Crippen molar-refractivity contribution in [2.45, 2.75) is 121 Å². The third kappa shape index (κ3) is 12.8. The Morgan fingerprint density at radius 3 is 2.26 bits per heavy atom. The molecule has 0 aliphatic heterocycles. The summed E-state index contributed by atoms with van der Waals surface area (Å²) >= 11 is 3.62. The topological polar surface area (TPSA) is 42.0 Å². The Morgan fingerprint density at radius 1 is 0.903 bits per heavy atom. The number of rotatable bonds is 19. The number of aryl methyl sites for hydroxylation is 1. The van der Waals surface area contributed by atoms with Gasteiger partial charge in [-0.15, -0.1) is 23.5 Å². The van der Waals surface area contributed by atoms with Crippen LogP contribution in [0, 0.1) is 6.92 Å². The number of hydrogen-bond acceptors (Lipinski definition) is 4. The molecule has 1 unspecified atom stereocenters. The molecule has 1 heterocycles. The molecule has 178 valence electrons. The van der Waals surface area contributed by atoms with Crippen molar-refractivity contribution >= 4 is 35.1 Å². The Labute approximate surface area is 200 Å². The van der Waals surface area contributed by atoms with E-state index in [1.54, 1.807) is 11.8 Å². The minimum absolute atomic E-state index is 0.0425. The van der Waals surface area contributed by atoms with Gasteiger partial charge in [0.05, 0.1) is 10.9 Å². The van der Waals surface area contributed by atoms with Crippen LogP contribution in [0.15, 0.2) is 17.3 Å². The number of aromatic nitrogens is 1. The Bertz CT molecular complexity index is 595. The number of nitrogens with one attached hydrogen (secondary N) is 1. The second-order valence-corrected chi connectivity index (χ2v) is 10.9. The first kappa shape index (κ1) is 28.4. The lowest BCUT2D eigenvalue weighted by atomic mass is 10.1. The molecule has 1 aromatic heterocycles. The fraction of sp³-hybridized carbons (Fsp3) is 0.769. The SMILES string of the molecule is CCCCCCCCC(SCCCCCC)C(=O)Nc1c(C)ccnc1SCCCC. The first-order chi connectivity index (χ1) is 15.1. The molecule has 0 bridgehead atoms. The maximum Gasteiger partial charge on any atom is 0.237 e. The van der Waals surface area contributed by atoms with E-state index in [-0.39, 0.29) is 11.2 Å². The number of pyridine rings is 1. The lowest BCUT2D eigenvalue weighted by Crippen LogP contribution is -2.26. The third-order valence-corrected chi connectivity index (χ3v) is 7.99. The molecule has 1 rings (SSSR count).